The normalized spacial score (nSPS) is 21.7. The summed E-state index contributed by atoms with van der Waals surface area (Å²) in [5.74, 6) is 5.18. The van der Waals surface area contributed by atoms with Crippen LogP contribution in [0.5, 0.6) is 34.5 Å². The SMILES string of the molecule is CCOC(=O)NC1=NC2(CCc3c(Br)ccc(OC)c3C2)CO1.CCOC(=O)NC1=N[C@@]2(CCc3c(Br)ccc(OC)c3C2)CO1.CCOC(=O)NC1=N[C@]2(CCc3c(-c4cncnc4)ccc(OC)c3C2)CO1.CCOC(=O)NC1=N[C@]2(CCc3c(Br)ccc(OC)c3C2)CO1.COc1ccc(-c2cncnc2)c2c1C[C@@]1(CC2)COC(N)=N1.COc1ccc(Br)c2c1CC(N)(CO)CC2.[Li+].[OH-]. The standard InChI is InChI=1S/C20H22N4O4.C17H18N4O2.3C16H19BrN2O4.C12H16BrNO2.Li.H2O/c1-3-27-19(25)23-18-24-20(11-28-18)7-6-15-14(13-9-21-12-22-10-13)4-5-17(26-2)16(15)8-20;1-22-15-3-2-12(11-7-19-10-20-8-11)13-4-5-17(6-14(13)15)9-23-16(18)21-17;3*1-3-22-15(20)18-14-19-16(9-23-14)7-6-10-11(8-16)13(21-2)5-4-12(10)17;1-16-11-3-2-10(13)8-4-5-12(14,7-15)6-9(8)11;;/h4-5,9-10,12H,3,6-8,11H2,1-2H3,(H,23,24,25);2-3,7-8,10H,4-6,9H2,1H3,(H2,18,21);3*4-5H,3,6-9H2,1-2H3,(H,18,19,20);2-3,15H,4-7,14H2,1H3;;1H2/q;;;;;;+1;/p-1/t20-;17-;2*16-;;;;/m0010..../s1. The molecular formula is C97H114Br4LiN15O21. The first-order valence-corrected chi connectivity index (χ1v) is 48.1. The van der Waals surface area contributed by atoms with Gasteiger partial charge >= 0.3 is 43.2 Å². The van der Waals surface area contributed by atoms with Gasteiger partial charge in [-0.2, -0.15) is 0 Å². The second-order valence-corrected chi connectivity index (χ2v) is 37.7. The number of carbonyl (C=O) groups is 4. The number of aliphatic hydroxyl groups excluding tert-OH is 1. The van der Waals surface area contributed by atoms with Gasteiger partial charge in [-0.05, 0) is 216 Å². The molecule has 138 heavy (non-hydrogen) atoms. The number of hydrogen-bond donors (Lipinski definition) is 7. The van der Waals surface area contributed by atoms with Gasteiger partial charge in [0.05, 0.1) is 75.7 Å². The zero-order chi connectivity index (χ0) is 96.5. The van der Waals surface area contributed by atoms with Crippen molar-refractivity contribution < 1.29 is 120 Å². The number of aliphatic hydroxyl groups is 1. The smallest absolute Gasteiger partial charge is 0.870 e. The molecule has 6 aromatic carbocycles. The van der Waals surface area contributed by atoms with Crippen LogP contribution in [-0.2, 0) is 120 Å². The zero-order valence-electron chi connectivity index (χ0n) is 79.0. The molecule has 732 valence electrons. The number of nitrogens with one attached hydrogen (secondary N) is 4. The average molecular weight is 2150 g/mol. The molecule has 19 rings (SSSR count). The van der Waals surface area contributed by atoms with E-state index >= 15 is 0 Å². The number of aromatic nitrogens is 4. The summed E-state index contributed by atoms with van der Waals surface area (Å²) in [4.78, 5) is 85.7. The molecule has 2 unspecified atom stereocenters. The molecule has 0 saturated heterocycles. The van der Waals surface area contributed by atoms with E-state index < -0.39 is 35.5 Å². The first-order chi connectivity index (χ1) is 65.6. The summed E-state index contributed by atoms with van der Waals surface area (Å²) >= 11 is 14.4. The summed E-state index contributed by atoms with van der Waals surface area (Å²) in [6.45, 7) is 10.5. The molecule has 6 aliphatic carbocycles. The monoisotopic (exact) mass is 2150 g/mol. The van der Waals surface area contributed by atoms with Crippen molar-refractivity contribution in [1.82, 2.24) is 41.2 Å². The van der Waals surface area contributed by atoms with Crippen molar-refractivity contribution >= 4 is 118 Å². The van der Waals surface area contributed by atoms with Gasteiger partial charge in [0.1, 0.15) is 108 Å². The van der Waals surface area contributed by atoms with Gasteiger partial charge in [-0.15, -0.1) is 0 Å². The molecule has 10 N–H and O–H groups in total. The van der Waals surface area contributed by atoms with Crippen molar-refractivity contribution in [2.75, 3.05) is 109 Å². The number of nitrogens with zero attached hydrogens (tertiary/aromatic N) is 9. The number of aliphatic imine (C=N–C) groups is 5. The van der Waals surface area contributed by atoms with Crippen LogP contribution in [0.2, 0.25) is 0 Å². The van der Waals surface area contributed by atoms with Gasteiger partial charge < -0.3 is 93.1 Å². The van der Waals surface area contributed by atoms with Crippen LogP contribution < -0.4 is 80.0 Å². The third-order valence-corrected chi connectivity index (χ3v) is 28.6. The van der Waals surface area contributed by atoms with E-state index in [2.05, 4.69) is 142 Å². The van der Waals surface area contributed by atoms with E-state index in [1.165, 1.54) is 45.3 Å². The van der Waals surface area contributed by atoms with Crippen LogP contribution in [0.15, 0.2) is 153 Å². The Kier molecular flexibility index (Phi) is 36.2. The molecule has 36 nitrogen and oxygen atoms in total. The summed E-state index contributed by atoms with van der Waals surface area (Å²) in [6, 6.07) is 25.2. The minimum atomic E-state index is -0.557. The van der Waals surface area contributed by atoms with Gasteiger partial charge in [0, 0.05) is 125 Å². The Hall–Kier alpha value is -11.1. The molecule has 4 amide bonds. The predicted molar refractivity (Wildman–Crippen MR) is 524 cm³/mol. The minimum absolute atomic E-state index is 0. The summed E-state index contributed by atoms with van der Waals surface area (Å²) in [7, 11) is 10.1. The van der Waals surface area contributed by atoms with Crippen molar-refractivity contribution in [3.05, 3.63) is 195 Å². The molecule has 0 saturated carbocycles. The Bertz CT molecular complexity index is 5630. The number of hydrogen-bond acceptors (Lipinski definition) is 32. The number of rotatable bonds is 13. The van der Waals surface area contributed by atoms with Crippen molar-refractivity contribution in [3.63, 3.8) is 0 Å². The number of methoxy groups -OCH3 is 6. The van der Waals surface area contributed by atoms with Crippen LogP contribution in [0.25, 0.3) is 22.3 Å². The van der Waals surface area contributed by atoms with E-state index in [4.69, 9.17) is 82.5 Å². The molecule has 8 aromatic rings. The van der Waals surface area contributed by atoms with Gasteiger partial charge in [0.15, 0.2) is 0 Å². The fourth-order valence-electron chi connectivity index (χ4n) is 18.9. The van der Waals surface area contributed by atoms with Crippen LogP contribution in [-0.4, -0.2) is 227 Å². The summed E-state index contributed by atoms with van der Waals surface area (Å²) in [5.41, 5.74) is 28.3. The van der Waals surface area contributed by atoms with E-state index in [0.29, 0.717) is 78.3 Å². The quantitative estimate of drug-likeness (QED) is 0.0416. The Labute approximate surface area is 846 Å². The third kappa shape index (κ3) is 24.7. The maximum absolute atomic E-state index is 11.6. The van der Waals surface area contributed by atoms with Gasteiger partial charge in [-0.25, -0.2) is 85.3 Å². The molecule has 41 heteroatoms. The molecule has 2 aromatic heterocycles. The van der Waals surface area contributed by atoms with Gasteiger partial charge in [-0.1, -0.05) is 75.9 Å². The summed E-state index contributed by atoms with van der Waals surface area (Å²) in [5, 5.41) is 19.5. The molecule has 0 bridgehead atoms. The van der Waals surface area contributed by atoms with Crippen LogP contribution in [0, 0.1) is 0 Å². The maximum Gasteiger partial charge on any atom is 1.00 e. The molecule has 5 spiro atoms. The van der Waals surface area contributed by atoms with Gasteiger partial charge in [-0.3, -0.25) is 0 Å². The van der Waals surface area contributed by atoms with Crippen molar-refractivity contribution in [3.8, 4) is 56.8 Å². The minimum Gasteiger partial charge on any atom is -0.870 e. The van der Waals surface area contributed by atoms with Crippen LogP contribution in [0.4, 0.5) is 19.2 Å². The van der Waals surface area contributed by atoms with Crippen molar-refractivity contribution in [1.29, 1.82) is 0 Å². The van der Waals surface area contributed by atoms with Crippen molar-refractivity contribution in [2.45, 2.75) is 177 Å². The molecular weight excluding hydrogens is 2040 g/mol. The number of nitrogens with two attached hydrogens (primary N) is 2. The van der Waals surface area contributed by atoms with Crippen LogP contribution in [0.3, 0.4) is 0 Å². The van der Waals surface area contributed by atoms with Crippen LogP contribution >= 0.6 is 63.7 Å². The molecule has 6 atom stereocenters. The first kappa shape index (κ1) is 106. The third-order valence-electron chi connectivity index (χ3n) is 25.6. The van der Waals surface area contributed by atoms with E-state index in [1.807, 2.05) is 85.5 Å². The predicted octanol–water partition coefficient (Wildman–Crippen LogP) is 11.2. The number of carbonyl (C=O) groups excluding carboxylic acids is 4. The van der Waals surface area contributed by atoms with Gasteiger partial charge in [0.25, 0.3) is 30.1 Å². The number of fused-ring (bicyclic) bond motifs is 6. The second kappa shape index (κ2) is 47.2. The number of amidine groups is 5. The number of amides is 4. The molecule has 11 aliphatic rings. The van der Waals surface area contributed by atoms with Gasteiger partial charge in [0.2, 0.25) is 0 Å². The Morgan fingerprint density at radius 1 is 0.355 bits per heavy atom. The maximum atomic E-state index is 11.6. The fourth-order valence-corrected chi connectivity index (χ4v) is 21.2. The molecule has 5 aliphatic heterocycles. The summed E-state index contributed by atoms with van der Waals surface area (Å²) < 4.78 is 84.6. The zero-order valence-corrected chi connectivity index (χ0v) is 85.4. The molecule has 0 radical (unpaired) electrons. The van der Waals surface area contributed by atoms with E-state index in [0.717, 1.165) is 205 Å². The fraction of sp³-hybridized carbons (Fsp3) is 0.454. The summed E-state index contributed by atoms with van der Waals surface area (Å²) in [6.07, 6.45) is 22.8. The Morgan fingerprint density at radius 3 is 0.848 bits per heavy atom. The average Bonchev–Trinajstić information content (AvgIpc) is 1.41. The topological polar surface area (TPSA) is 470 Å². The van der Waals surface area contributed by atoms with Crippen molar-refractivity contribution in [2.24, 2.45) is 36.4 Å². The largest absolute Gasteiger partial charge is 1.00 e. The Morgan fingerprint density at radius 2 is 0.594 bits per heavy atom. The van der Waals surface area contributed by atoms with E-state index in [-0.39, 0.29) is 77.2 Å². The second-order valence-electron chi connectivity index (χ2n) is 34.3. The number of ether oxygens (including phenoxy) is 15. The number of halogens is 4. The van der Waals surface area contributed by atoms with E-state index in [9.17, 15) is 24.3 Å². The molecule has 0 fully saturated rings. The molecule has 7 heterocycles. The number of benzene rings is 6. The van der Waals surface area contributed by atoms with E-state index in [1.54, 1.807) is 76.7 Å². The first-order valence-electron chi connectivity index (χ1n) is 44.9. The van der Waals surface area contributed by atoms with Crippen LogP contribution in [0.1, 0.15) is 133 Å². The number of alkyl carbamates (subject to hydrolysis) is 4. The Balaban J connectivity index is 0.000000149.